The summed E-state index contributed by atoms with van der Waals surface area (Å²) in [5.74, 6) is 0.562. The van der Waals surface area contributed by atoms with Gasteiger partial charge in [0.1, 0.15) is 11.2 Å². The zero-order chi connectivity index (χ0) is 50.2. The standard InChI is InChI=1S/C30H29NO.C19H27NSi.C16H19N.Ir/c1-5-21(6-2)23-12-13-31-28(17-23)27-9-7-8-26-25-11-10-22(18-29(25)32-30(26)27)24-15-19(3)14-20(4)16-24;1-19(2,3)13-16-12-17(15-10-8-7-9-11-15)20-14-18(16)21(4,5)6;1-16(2,3)12-13-9-10-17-15(11-13)14-7-5-4-6-8-14;/h7-18,21H,5-6H2,1-4H3;7-12,14H,13H2,1-6H3;4-11H,12H2,1-3H3;. The minimum Gasteiger partial charge on any atom is -0.455 e. The molecule has 4 aromatic heterocycles. The van der Waals surface area contributed by atoms with Crippen LogP contribution in [0.25, 0.3) is 66.8 Å². The van der Waals surface area contributed by atoms with Gasteiger partial charge in [0.25, 0.3) is 0 Å². The SMILES string of the molecule is CC(C)(C)Cc1cc(-c2ccccc2)ncc1[Si](C)(C)C.CC(C)(C)Cc1ccnc(-c2ccccc2)c1.CCC(CC)c1ccnc(-c2cccc3c2oc2cc(-c4cc(C)cc(C)c4)ccc23)c1.[Ir]. The van der Waals surface area contributed by atoms with Crippen LogP contribution in [-0.2, 0) is 32.9 Å². The molecule has 0 N–H and O–H groups in total. The second-order valence-electron chi connectivity index (χ2n) is 22.6. The van der Waals surface area contributed by atoms with Crippen molar-refractivity contribution in [2.24, 2.45) is 10.8 Å². The normalized spacial score (nSPS) is 11.7. The van der Waals surface area contributed by atoms with Gasteiger partial charge in [-0.25, -0.2) is 0 Å². The van der Waals surface area contributed by atoms with E-state index in [1.54, 1.807) is 0 Å². The van der Waals surface area contributed by atoms with Crippen molar-refractivity contribution in [3.05, 3.63) is 192 Å². The van der Waals surface area contributed by atoms with Crippen LogP contribution in [0, 0.1) is 24.7 Å². The second kappa shape index (κ2) is 23.6. The Morgan fingerprint density at radius 2 is 1.11 bits per heavy atom. The van der Waals surface area contributed by atoms with Crippen molar-refractivity contribution in [1.82, 2.24) is 15.0 Å². The monoisotopic (exact) mass is 1130 g/mol. The first-order chi connectivity index (χ1) is 33.3. The van der Waals surface area contributed by atoms with Crippen LogP contribution in [0.5, 0.6) is 0 Å². The molecule has 0 aliphatic carbocycles. The van der Waals surface area contributed by atoms with Crippen molar-refractivity contribution >= 4 is 35.2 Å². The van der Waals surface area contributed by atoms with Crippen molar-refractivity contribution in [2.75, 3.05) is 0 Å². The number of nitrogens with zero attached hydrogens (tertiary/aromatic N) is 3. The summed E-state index contributed by atoms with van der Waals surface area (Å²) in [6.07, 6.45) is 10.4. The van der Waals surface area contributed by atoms with E-state index in [1.807, 2.05) is 30.6 Å². The van der Waals surface area contributed by atoms with Crippen molar-refractivity contribution < 1.29 is 24.5 Å². The Morgan fingerprint density at radius 1 is 0.521 bits per heavy atom. The molecule has 0 unspecified atom stereocenters. The second-order valence-corrected chi connectivity index (χ2v) is 27.6. The van der Waals surface area contributed by atoms with Crippen molar-refractivity contribution in [2.45, 2.75) is 120 Å². The number of fused-ring (bicyclic) bond motifs is 3. The maximum atomic E-state index is 6.47. The summed E-state index contributed by atoms with van der Waals surface area (Å²) in [5, 5.41) is 3.78. The summed E-state index contributed by atoms with van der Waals surface area (Å²) >= 11 is 0. The number of hydrogen-bond donors (Lipinski definition) is 0. The molecular weight excluding hydrogens is 1060 g/mol. The van der Waals surface area contributed by atoms with Gasteiger partial charge in [-0.1, -0.05) is 183 Å². The minimum absolute atomic E-state index is 0. The molecule has 71 heavy (non-hydrogen) atoms. The zero-order valence-electron chi connectivity index (χ0n) is 44.6. The predicted molar refractivity (Wildman–Crippen MR) is 304 cm³/mol. The third-order valence-corrected chi connectivity index (χ3v) is 14.9. The third kappa shape index (κ3) is 14.7. The number of hydrogen-bond acceptors (Lipinski definition) is 4. The zero-order valence-corrected chi connectivity index (χ0v) is 48.0. The van der Waals surface area contributed by atoms with E-state index in [2.05, 4.69) is 227 Å². The maximum Gasteiger partial charge on any atom is 0.144 e. The van der Waals surface area contributed by atoms with Crippen molar-refractivity contribution in [3.63, 3.8) is 0 Å². The fourth-order valence-electron chi connectivity index (χ4n) is 9.55. The molecule has 0 aliphatic heterocycles. The van der Waals surface area contributed by atoms with E-state index in [1.165, 1.54) is 55.3 Å². The number of para-hydroxylation sites is 1. The Bertz CT molecular complexity index is 3130. The largest absolute Gasteiger partial charge is 0.455 e. The van der Waals surface area contributed by atoms with Gasteiger partial charge in [-0.3, -0.25) is 15.0 Å². The molecule has 9 aromatic rings. The molecule has 9 rings (SSSR count). The van der Waals surface area contributed by atoms with Gasteiger partial charge in [-0.15, -0.1) is 0 Å². The molecule has 6 heteroatoms. The average molecular weight is 1130 g/mol. The van der Waals surface area contributed by atoms with Crippen LogP contribution < -0.4 is 5.19 Å². The van der Waals surface area contributed by atoms with Crippen LogP contribution in [0.15, 0.2) is 169 Å². The van der Waals surface area contributed by atoms with E-state index in [4.69, 9.17) is 14.4 Å². The van der Waals surface area contributed by atoms with Gasteiger partial charge in [0.2, 0.25) is 0 Å². The van der Waals surface area contributed by atoms with E-state index in [9.17, 15) is 0 Å². The molecule has 0 aliphatic rings. The topological polar surface area (TPSA) is 51.8 Å². The van der Waals surface area contributed by atoms with Crippen LogP contribution in [0.4, 0.5) is 0 Å². The van der Waals surface area contributed by atoms with Gasteiger partial charge in [-0.2, -0.15) is 0 Å². The maximum absolute atomic E-state index is 6.47. The van der Waals surface area contributed by atoms with Crippen LogP contribution >= 0.6 is 0 Å². The average Bonchev–Trinajstić information content (AvgIpc) is 3.70. The summed E-state index contributed by atoms with van der Waals surface area (Å²) in [6, 6.07) is 51.4. The number of benzene rings is 5. The van der Waals surface area contributed by atoms with Gasteiger partial charge >= 0.3 is 0 Å². The van der Waals surface area contributed by atoms with E-state index in [0.29, 0.717) is 16.7 Å². The molecule has 4 nitrogen and oxygen atoms in total. The Kier molecular flexibility index (Phi) is 18.2. The summed E-state index contributed by atoms with van der Waals surface area (Å²) in [5.41, 5.74) is 18.2. The van der Waals surface area contributed by atoms with Crippen molar-refractivity contribution in [1.29, 1.82) is 0 Å². The van der Waals surface area contributed by atoms with Crippen LogP contribution in [0.2, 0.25) is 19.6 Å². The molecule has 4 heterocycles. The Balaban J connectivity index is 0.000000184. The third-order valence-electron chi connectivity index (χ3n) is 12.8. The molecule has 369 valence electrons. The number of aryl methyl sites for hydroxylation is 2. The summed E-state index contributed by atoms with van der Waals surface area (Å²) in [4.78, 5) is 13.9. The predicted octanol–water partition coefficient (Wildman–Crippen LogP) is 18.1. The van der Waals surface area contributed by atoms with Crippen molar-refractivity contribution in [3.8, 4) is 44.9 Å². The van der Waals surface area contributed by atoms with Gasteiger partial charge in [0, 0.05) is 66.2 Å². The number of furan rings is 1. The van der Waals surface area contributed by atoms with Gasteiger partial charge in [0.05, 0.1) is 25.2 Å². The Morgan fingerprint density at radius 3 is 1.70 bits per heavy atom. The number of aromatic nitrogens is 3. The smallest absolute Gasteiger partial charge is 0.144 e. The first-order valence-corrected chi connectivity index (χ1v) is 28.8. The Labute approximate surface area is 440 Å². The van der Waals surface area contributed by atoms with Gasteiger partial charge in [-0.05, 0) is 138 Å². The molecule has 0 fully saturated rings. The molecule has 0 spiro atoms. The molecule has 0 saturated carbocycles. The molecule has 1 radical (unpaired) electrons. The van der Waals surface area contributed by atoms with Crippen LogP contribution in [0.3, 0.4) is 0 Å². The van der Waals surface area contributed by atoms with E-state index >= 15 is 0 Å². The number of pyridine rings is 3. The first kappa shape index (κ1) is 54.5. The van der Waals surface area contributed by atoms with Gasteiger partial charge in [0.15, 0.2) is 0 Å². The molecule has 0 saturated heterocycles. The fourth-order valence-corrected chi connectivity index (χ4v) is 11.1. The first-order valence-electron chi connectivity index (χ1n) is 25.3. The molecular formula is C65H75IrN3OSi. The fraction of sp³-hybridized carbons (Fsp3) is 0.308. The van der Waals surface area contributed by atoms with E-state index in [0.717, 1.165) is 70.3 Å². The van der Waals surface area contributed by atoms with E-state index in [-0.39, 0.29) is 20.1 Å². The number of rotatable bonds is 10. The van der Waals surface area contributed by atoms with E-state index < -0.39 is 8.07 Å². The van der Waals surface area contributed by atoms with Gasteiger partial charge < -0.3 is 4.42 Å². The van der Waals surface area contributed by atoms with Crippen LogP contribution in [0.1, 0.15) is 102 Å². The molecule has 0 amide bonds. The quantitative estimate of drug-likeness (QED) is 0.128. The Hall–Kier alpha value is -5.78. The van der Waals surface area contributed by atoms with Crippen LogP contribution in [-0.4, -0.2) is 23.0 Å². The summed E-state index contributed by atoms with van der Waals surface area (Å²) in [7, 11) is -1.36. The minimum atomic E-state index is -1.36. The molecule has 0 atom stereocenters. The molecule has 5 aromatic carbocycles. The summed E-state index contributed by atoms with van der Waals surface area (Å²) in [6.45, 7) is 29.7. The molecule has 0 bridgehead atoms. The summed E-state index contributed by atoms with van der Waals surface area (Å²) < 4.78 is 6.47.